The lowest BCUT2D eigenvalue weighted by Crippen LogP contribution is -2.36. The lowest BCUT2D eigenvalue weighted by Gasteiger charge is -2.26. The molecule has 0 saturated carbocycles. The van der Waals surface area contributed by atoms with E-state index < -0.39 is 0 Å². The second kappa shape index (κ2) is 11.3. The highest BCUT2D eigenvalue weighted by Gasteiger charge is 2.10. The molecule has 7 heteroatoms. The number of rotatable bonds is 6. The van der Waals surface area contributed by atoms with Gasteiger partial charge in [-0.05, 0) is 43.1 Å². The van der Waals surface area contributed by atoms with Gasteiger partial charge in [-0.25, -0.2) is 0 Å². The topological polar surface area (TPSA) is 57.5 Å². The van der Waals surface area contributed by atoms with Crippen LogP contribution in [0.2, 0.25) is 0 Å². The average Bonchev–Trinajstić information content (AvgIpc) is 3.09. The Kier molecular flexibility index (Phi) is 9.06. The molecule has 2 aromatic rings. The zero-order chi connectivity index (χ0) is 18.2. The molecular formula is C20H31IN6. The molecule has 3 rings (SSSR count). The van der Waals surface area contributed by atoms with Crippen molar-refractivity contribution >= 4 is 29.9 Å². The molecule has 0 aliphatic carbocycles. The Balaban J connectivity index is 0.00000261. The van der Waals surface area contributed by atoms with Gasteiger partial charge in [-0.15, -0.1) is 24.0 Å². The highest BCUT2D eigenvalue weighted by atomic mass is 127. The second-order valence-corrected chi connectivity index (χ2v) is 6.88. The van der Waals surface area contributed by atoms with Gasteiger partial charge in [0.15, 0.2) is 5.96 Å². The first-order chi connectivity index (χ1) is 12.7. The zero-order valence-corrected chi connectivity index (χ0v) is 18.6. The molecule has 6 nitrogen and oxygen atoms in total. The van der Waals surface area contributed by atoms with Crippen molar-refractivity contribution < 1.29 is 0 Å². The zero-order valence-electron chi connectivity index (χ0n) is 16.3. The van der Waals surface area contributed by atoms with Crippen LogP contribution in [-0.4, -0.2) is 40.8 Å². The number of nitrogens with zero attached hydrogens (tertiary/aromatic N) is 4. The molecule has 0 unspecified atom stereocenters. The Morgan fingerprint density at radius 2 is 1.67 bits per heavy atom. The minimum absolute atomic E-state index is 0. The maximum Gasteiger partial charge on any atom is 0.191 e. The van der Waals surface area contributed by atoms with E-state index in [0.717, 1.165) is 24.7 Å². The standard InChI is InChI=1S/C20H30N6.HI/c1-21-20(23-15-19-10-11-24-25(19)2)22-14-17-6-8-18(9-7-17)16-26-12-4-3-5-13-26;/h6-11H,3-5,12-16H2,1-2H3,(H2,21,22,23);1H. The highest BCUT2D eigenvalue weighted by molar-refractivity contribution is 14.0. The van der Waals surface area contributed by atoms with Crippen LogP contribution in [0.25, 0.3) is 0 Å². The van der Waals surface area contributed by atoms with E-state index in [1.54, 1.807) is 13.2 Å². The molecular weight excluding hydrogens is 451 g/mol. The van der Waals surface area contributed by atoms with Crippen LogP contribution in [0.5, 0.6) is 0 Å². The summed E-state index contributed by atoms with van der Waals surface area (Å²) in [5.41, 5.74) is 3.78. The SMILES string of the molecule is CN=C(NCc1ccc(CN2CCCCC2)cc1)NCc1ccnn1C.I. The average molecular weight is 482 g/mol. The van der Waals surface area contributed by atoms with E-state index >= 15 is 0 Å². The lowest BCUT2D eigenvalue weighted by atomic mass is 10.1. The molecule has 1 aromatic carbocycles. The number of hydrogen-bond donors (Lipinski definition) is 2. The molecule has 1 aromatic heterocycles. The first-order valence-corrected chi connectivity index (χ1v) is 9.46. The summed E-state index contributed by atoms with van der Waals surface area (Å²) < 4.78 is 1.86. The van der Waals surface area contributed by atoms with Gasteiger partial charge in [0.25, 0.3) is 0 Å². The molecule has 27 heavy (non-hydrogen) atoms. The van der Waals surface area contributed by atoms with Crippen LogP contribution in [0.3, 0.4) is 0 Å². The molecule has 1 aliphatic heterocycles. The van der Waals surface area contributed by atoms with Crippen molar-refractivity contribution in [3.05, 3.63) is 53.3 Å². The van der Waals surface area contributed by atoms with Crippen LogP contribution >= 0.6 is 24.0 Å². The summed E-state index contributed by atoms with van der Waals surface area (Å²) in [6.45, 7) is 5.01. The van der Waals surface area contributed by atoms with Gasteiger partial charge in [-0.2, -0.15) is 5.10 Å². The van der Waals surface area contributed by atoms with Crippen LogP contribution in [0.1, 0.15) is 36.1 Å². The van der Waals surface area contributed by atoms with Crippen molar-refractivity contribution in [2.24, 2.45) is 12.0 Å². The van der Waals surface area contributed by atoms with E-state index in [-0.39, 0.29) is 24.0 Å². The predicted octanol–water partition coefficient (Wildman–Crippen LogP) is 2.89. The molecule has 148 valence electrons. The van der Waals surface area contributed by atoms with Crippen LogP contribution in [0, 0.1) is 0 Å². The van der Waals surface area contributed by atoms with E-state index in [9.17, 15) is 0 Å². The maximum absolute atomic E-state index is 4.29. The summed E-state index contributed by atoms with van der Waals surface area (Å²) >= 11 is 0. The number of likely N-dealkylation sites (tertiary alicyclic amines) is 1. The number of aliphatic imine (C=N–C) groups is 1. The Labute approximate surface area is 179 Å². The molecule has 0 bridgehead atoms. The number of nitrogens with one attached hydrogen (secondary N) is 2. The van der Waals surface area contributed by atoms with Gasteiger partial charge in [0.1, 0.15) is 0 Å². The van der Waals surface area contributed by atoms with Crippen molar-refractivity contribution in [3.63, 3.8) is 0 Å². The summed E-state index contributed by atoms with van der Waals surface area (Å²) in [5, 5.41) is 10.9. The molecule has 1 saturated heterocycles. The first kappa shape index (κ1) is 21.7. The van der Waals surface area contributed by atoms with Crippen molar-refractivity contribution in [1.82, 2.24) is 25.3 Å². The Morgan fingerprint density at radius 3 is 2.30 bits per heavy atom. The van der Waals surface area contributed by atoms with Crippen LogP contribution in [0.4, 0.5) is 0 Å². The minimum Gasteiger partial charge on any atom is -0.352 e. The quantitative estimate of drug-likeness (QED) is 0.378. The fourth-order valence-corrected chi connectivity index (χ4v) is 3.29. The molecule has 0 atom stereocenters. The third-order valence-corrected chi connectivity index (χ3v) is 4.92. The molecule has 0 spiro atoms. The monoisotopic (exact) mass is 482 g/mol. The molecule has 0 radical (unpaired) electrons. The molecule has 0 amide bonds. The third kappa shape index (κ3) is 6.80. The van der Waals surface area contributed by atoms with Gasteiger partial charge in [0.05, 0.1) is 12.2 Å². The summed E-state index contributed by atoms with van der Waals surface area (Å²) in [6.07, 6.45) is 5.87. The Hall–Kier alpha value is -1.61. The predicted molar refractivity (Wildman–Crippen MR) is 121 cm³/mol. The molecule has 2 heterocycles. The summed E-state index contributed by atoms with van der Waals surface area (Å²) in [7, 11) is 3.74. The smallest absolute Gasteiger partial charge is 0.191 e. The molecule has 2 N–H and O–H groups in total. The van der Waals surface area contributed by atoms with Crippen molar-refractivity contribution in [1.29, 1.82) is 0 Å². The number of aryl methyl sites for hydroxylation is 1. The molecule has 1 aliphatic rings. The van der Waals surface area contributed by atoms with Crippen LogP contribution in [-0.2, 0) is 26.7 Å². The normalized spacial score (nSPS) is 15.3. The second-order valence-electron chi connectivity index (χ2n) is 6.88. The van der Waals surface area contributed by atoms with E-state index in [0.29, 0.717) is 6.54 Å². The molecule has 1 fully saturated rings. The van der Waals surface area contributed by atoms with E-state index in [2.05, 4.69) is 49.9 Å². The van der Waals surface area contributed by atoms with Gasteiger partial charge in [-0.1, -0.05) is 30.7 Å². The number of halogens is 1. The van der Waals surface area contributed by atoms with Crippen LogP contribution < -0.4 is 10.6 Å². The lowest BCUT2D eigenvalue weighted by molar-refractivity contribution is 0.221. The van der Waals surface area contributed by atoms with E-state index in [1.807, 2.05) is 17.8 Å². The Morgan fingerprint density at radius 1 is 1.00 bits per heavy atom. The number of piperidine rings is 1. The number of aromatic nitrogens is 2. The van der Waals surface area contributed by atoms with Gasteiger partial charge >= 0.3 is 0 Å². The number of hydrogen-bond acceptors (Lipinski definition) is 3. The third-order valence-electron chi connectivity index (χ3n) is 4.92. The van der Waals surface area contributed by atoms with Crippen molar-refractivity contribution in [3.8, 4) is 0 Å². The number of guanidine groups is 1. The largest absolute Gasteiger partial charge is 0.352 e. The fraction of sp³-hybridized carbons (Fsp3) is 0.500. The summed E-state index contributed by atoms with van der Waals surface area (Å²) in [6, 6.07) is 10.9. The van der Waals surface area contributed by atoms with Gasteiger partial charge < -0.3 is 10.6 Å². The summed E-state index contributed by atoms with van der Waals surface area (Å²) in [4.78, 5) is 6.84. The maximum atomic E-state index is 4.29. The van der Waals surface area contributed by atoms with E-state index in [1.165, 1.54) is 43.5 Å². The minimum atomic E-state index is 0. The van der Waals surface area contributed by atoms with Crippen molar-refractivity contribution in [2.45, 2.75) is 38.9 Å². The van der Waals surface area contributed by atoms with Gasteiger partial charge in [0, 0.05) is 33.4 Å². The van der Waals surface area contributed by atoms with Gasteiger partial charge in [0.2, 0.25) is 0 Å². The van der Waals surface area contributed by atoms with Crippen molar-refractivity contribution in [2.75, 3.05) is 20.1 Å². The first-order valence-electron chi connectivity index (χ1n) is 9.46. The van der Waals surface area contributed by atoms with Gasteiger partial charge in [-0.3, -0.25) is 14.6 Å². The number of benzene rings is 1. The highest BCUT2D eigenvalue weighted by Crippen LogP contribution is 2.13. The summed E-state index contributed by atoms with van der Waals surface area (Å²) in [5.74, 6) is 0.795. The van der Waals surface area contributed by atoms with E-state index in [4.69, 9.17) is 0 Å². The Bertz CT molecular complexity index is 704. The fourth-order valence-electron chi connectivity index (χ4n) is 3.29. The van der Waals surface area contributed by atoms with Crippen LogP contribution in [0.15, 0.2) is 41.5 Å².